The lowest BCUT2D eigenvalue weighted by Crippen LogP contribution is -2.56. The highest BCUT2D eigenvalue weighted by atomic mass is 16.5. The minimum Gasteiger partial charge on any atom is -0.487 e. The van der Waals surface area contributed by atoms with E-state index in [1.165, 1.54) is 16.8 Å². The highest BCUT2D eigenvalue weighted by Gasteiger charge is 2.31. The van der Waals surface area contributed by atoms with Crippen molar-refractivity contribution in [3.8, 4) is 17.2 Å². The molecule has 204 valence electrons. The number of piperazine rings is 1. The van der Waals surface area contributed by atoms with E-state index < -0.39 is 0 Å². The Hall–Kier alpha value is -4.37. The maximum absolute atomic E-state index is 6.35. The largest absolute Gasteiger partial charge is 0.487 e. The van der Waals surface area contributed by atoms with Gasteiger partial charge in [-0.25, -0.2) is 15.0 Å². The summed E-state index contributed by atoms with van der Waals surface area (Å²) in [6.45, 7) is 9.83. The van der Waals surface area contributed by atoms with Gasteiger partial charge in [0.2, 0.25) is 0 Å². The van der Waals surface area contributed by atoms with Crippen LogP contribution in [0.5, 0.6) is 17.2 Å². The highest BCUT2D eigenvalue weighted by Crippen LogP contribution is 2.40. The van der Waals surface area contributed by atoms with Crippen LogP contribution < -0.4 is 29.9 Å². The van der Waals surface area contributed by atoms with Crippen LogP contribution in [0.15, 0.2) is 60.6 Å². The standard InChI is InChI=1S/C31H33N7O2/c1-18-11-21(5-8-27(18)40-23-6-7-26-24(12-23)20(3)19(2)15-37(26)4)35-30-29-25(33-17-34-30)13-28-31(36-29)38-10-9-32-14-22(38)16-39-28/h5-8,11-13,15,17,20,22,32H,9-10,14,16H2,1-4H3,(H,33,34,35). The van der Waals surface area contributed by atoms with Gasteiger partial charge in [0.05, 0.1) is 11.6 Å². The molecule has 3 aliphatic heterocycles. The molecule has 1 fully saturated rings. The van der Waals surface area contributed by atoms with E-state index in [-0.39, 0.29) is 6.04 Å². The molecule has 2 N–H and O–H groups in total. The number of fused-ring (bicyclic) bond motifs is 5. The van der Waals surface area contributed by atoms with Crippen molar-refractivity contribution in [2.24, 2.45) is 0 Å². The summed E-state index contributed by atoms with van der Waals surface area (Å²) in [5, 5.41) is 6.90. The molecule has 0 amide bonds. The number of hydrogen-bond donors (Lipinski definition) is 2. The Morgan fingerprint density at radius 3 is 2.88 bits per heavy atom. The van der Waals surface area contributed by atoms with E-state index in [1.807, 2.05) is 24.3 Å². The number of anilines is 4. The third-order valence-corrected chi connectivity index (χ3v) is 8.20. The van der Waals surface area contributed by atoms with Gasteiger partial charge in [-0.05, 0) is 66.9 Å². The maximum atomic E-state index is 6.35. The van der Waals surface area contributed by atoms with Crippen LogP contribution in [0, 0.1) is 6.92 Å². The molecular formula is C31H33N7O2. The Labute approximate surface area is 233 Å². The van der Waals surface area contributed by atoms with Crippen LogP contribution in [-0.2, 0) is 0 Å². The van der Waals surface area contributed by atoms with Crippen molar-refractivity contribution in [3.05, 3.63) is 71.7 Å². The summed E-state index contributed by atoms with van der Waals surface area (Å²) in [5.41, 5.74) is 7.23. The van der Waals surface area contributed by atoms with E-state index in [4.69, 9.17) is 14.5 Å². The predicted molar refractivity (Wildman–Crippen MR) is 158 cm³/mol. The zero-order valence-corrected chi connectivity index (χ0v) is 23.2. The van der Waals surface area contributed by atoms with Gasteiger partial charge in [0.1, 0.15) is 29.9 Å². The number of pyridine rings is 1. The Balaban J connectivity index is 1.15. The number of rotatable bonds is 4. The molecule has 0 radical (unpaired) electrons. The van der Waals surface area contributed by atoms with Crippen LogP contribution in [0.4, 0.5) is 23.0 Å². The second-order valence-electron chi connectivity index (χ2n) is 10.9. The van der Waals surface area contributed by atoms with E-state index in [0.717, 1.165) is 65.0 Å². The van der Waals surface area contributed by atoms with E-state index in [2.05, 4.69) is 82.6 Å². The van der Waals surface area contributed by atoms with Gasteiger partial charge < -0.3 is 29.9 Å². The first kappa shape index (κ1) is 24.7. The van der Waals surface area contributed by atoms with Crippen molar-refractivity contribution in [1.29, 1.82) is 0 Å². The minimum atomic E-state index is 0.280. The smallest absolute Gasteiger partial charge is 0.172 e. The number of aryl methyl sites for hydroxylation is 1. The summed E-state index contributed by atoms with van der Waals surface area (Å²) in [4.78, 5) is 18.5. The molecule has 2 unspecified atom stereocenters. The number of allylic oxidation sites excluding steroid dienone is 1. The number of benzene rings is 2. The summed E-state index contributed by atoms with van der Waals surface area (Å²) in [5.74, 6) is 4.31. The van der Waals surface area contributed by atoms with Crippen LogP contribution in [0.25, 0.3) is 11.0 Å². The molecule has 9 nitrogen and oxygen atoms in total. The summed E-state index contributed by atoms with van der Waals surface area (Å²) in [6, 6.07) is 14.6. The zero-order valence-electron chi connectivity index (χ0n) is 23.2. The van der Waals surface area contributed by atoms with Crippen molar-refractivity contribution in [2.75, 3.05) is 48.4 Å². The Morgan fingerprint density at radius 2 is 2.00 bits per heavy atom. The van der Waals surface area contributed by atoms with E-state index in [9.17, 15) is 0 Å². The molecule has 7 rings (SSSR count). The second kappa shape index (κ2) is 9.67. The number of nitrogens with one attached hydrogen (secondary N) is 2. The normalized spacial score (nSPS) is 19.8. The van der Waals surface area contributed by atoms with Gasteiger partial charge in [-0.3, -0.25) is 0 Å². The molecule has 1 saturated heterocycles. The quantitative estimate of drug-likeness (QED) is 0.352. The summed E-state index contributed by atoms with van der Waals surface area (Å²) in [6.07, 6.45) is 3.76. The summed E-state index contributed by atoms with van der Waals surface area (Å²) in [7, 11) is 2.09. The predicted octanol–water partition coefficient (Wildman–Crippen LogP) is 5.50. The highest BCUT2D eigenvalue weighted by molar-refractivity contribution is 5.90. The summed E-state index contributed by atoms with van der Waals surface area (Å²) < 4.78 is 12.4. The van der Waals surface area contributed by atoms with Crippen LogP contribution >= 0.6 is 0 Å². The van der Waals surface area contributed by atoms with Crippen molar-refractivity contribution in [3.63, 3.8) is 0 Å². The molecule has 3 aliphatic rings. The fraction of sp³-hybridized carbons (Fsp3) is 0.323. The van der Waals surface area contributed by atoms with Crippen molar-refractivity contribution in [2.45, 2.75) is 32.7 Å². The first-order valence-corrected chi connectivity index (χ1v) is 13.8. The lowest BCUT2D eigenvalue weighted by atomic mass is 9.90. The average Bonchev–Trinajstić information content (AvgIpc) is 2.96. The number of nitrogens with zero attached hydrogens (tertiary/aromatic N) is 5. The lowest BCUT2D eigenvalue weighted by molar-refractivity contribution is 0.245. The Bertz CT molecular complexity index is 1650. The number of hydrogen-bond acceptors (Lipinski definition) is 9. The number of ether oxygens (including phenoxy) is 2. The second-order valence-corrected chi connectivity index (χ2v) is 10.9. The van der Waals surface area contributed by atoms with Gasteiger partial charge in [0.25, 0.3) is 0 Å². The number of aromatic nitrogens is 3. The molecular weight excluding hydrogens is 502 g/mol. The third kappa shape index (κ3) is 4.26. The van der Waals surface area contributed by atoms with Crippen molar-refractivity contribution < 1.29 is 9.47 Å². The van der Waals surface area contributed by atoms with Crippen molar-refractivity contribution >= 4 is 34.0 Å². The topological polar surface area (TPSA) is 87.7 Å². The lowest BCUT2D eigenvalue weighted by Gasteiger charge is -2.40. The fourth-order valence-electron chi connectivity index (χ4n) is 5.84. The SMILES string of the molecule is CC1=CN(C)c2ccc(Oc3ccc(Nc4ncnc5cc6c(nc45)N4CCNCC4CO6)cc3C)cc2C1C. The molecule has 2 atom stereocenters. The van der Waals surface area contributed by atoms with Gasteiger partial charge >= 0.3 is 0 Å². The van der Waals surface area contributed by atoms with Gasteiger partial charge in [0, 0.05) is 56.2 Å². The molecule has 2 aromatic carbocycles. The molecule has 0 aliphatic carbocycles. The van der Waals surface area contributed by atoms with Gasteiger partial charge in [-0.1, -0.05) is 6.92 Å². The maximum Gasteiger partial charge on any atom is 0.172 e. The zero-order chi connectivity index (χ0) is 27.4. The molecule has 9 heteroatoms. The minimum absolute atomic E-state index is 0.280. The van der Waals surface area contributed by atoms with E-state index >= 15 is 0 Å². The van der Waals surface area contributed by atoms with Crippen LogP contribution in [0.2, 0.25) is 0 Å². The first-order valence-electron chi connectivity index (χ1n) is 13.8. The van der Waals surface area contributed by atoms with Crippen LogP contribution in [0.3, 0.4) is 0 Å². The van der Waals surface area contributed by atoms with Gasteiger partial charge in [0.15, 0.2) is 17.4 Å². The van der Waals surface area contributed by atoms with E-state index in [1.54, 1.807) is 6.33 Å². The van der Waals surface area contributed by atoms with Crippen LogP contribution in [-0.4, -0.2) is 54.3 Å². The van der Waals surface area contributed by atoms with Gasteiger partial charge in [-0.2, -0.15) is 0 Å². The average molecular weight is 536 g/mol. The van der Waals surface area contributed by atoms with E-state index in [0.29, 0.717) is 18.3 Å². The Kier molecular flexibility index (Phi) is 5.96. The summed E-state index contributed by atoms with van der Waals surface area (Å²) >= 11 is 0. The fourth-order valence-corrected chi connectivity index (χ4v) is 5.84. The first-order chi connectivity index (χ1) is 19.4. The van der Waals surface area contributed by atoms with Gasteiger partial charge in [-0.15, -0.1) is 0 Å². The third-order valence-electron chi connectivity index (χ3n) is 8.20. The monoisotopic (exact) mass is 535 g/mol. The molecule has 4 aromatic rings. The molecule has 0 saturated carbocycles. The molecule has 0 spiro atoms. The molecule has 5 heterocycles. The Morgan fingerprint density at radius 1 is 1.10 bits per heavy atom. The van der Waals surface area contributed by atoms with Crippen LogP contribution in [0.1, 0.15) is 30.9 Å². The van der Waals surface area contributed by atoms with Crippen molar-refractivity contribution in [1.82, 2.24) is 20.3 Å². The molecule has 40 heavy (non-hydrogen) atoms. The molecule has 2 aromatic heterocycles. The molecule has 0 bridgehead atoms.